The van der Waals surface area contributed by atoms with E-state index in [2.05, 4.69) is 36.4 Å². The van der Waals surface area contributed by atoms with Gasteiger partial charge < -0.3 is 9.47 Å². The summed E-state index contributed by atoms with van der Waals surface area (Å²) in [6.07, 6.45) is 0. The maximum atomic E-state index is 5.75. The first kappa shape index (κ1) is 12.8. The normalized spacial score (nSPS) is 10.9. The lowest BCUT2D eigenvalue weighted by molar-refractivity contribution is 0.336. The first-order valence-corrected chi connectivity index (χ1v) is 7.04. The molecular weight excluding hydrogens is 248 g/mol. The third-order valence-corrected chi connectivity index (χ3v) is 3.40. The Kier molecular flexibility index (Phi) is 3.46. The first-order chi connectivity index (χ1) is 9.83. The molecule has 0 amide bonds. The summed E-state index contributed by atoms with van der Waals surface area (Å²) in [4.78, 5) is 0. The Bertz CT molecular complexity index is 683. The lowest BCUT2D eigenvalue weighted by Gasteiger charge is -2.13. The van der Waals surface area contributed by atoms with Gasteiger partial charge in [-0.25, -0.2) is 0 Å². The zero-order valence-corrected chi connectivity index (χ0v) is 11.8. The molecule has 0 N–H and O–H groups in total. The largest absolute Gasteiger partial charge is 0.493 e. The smallest absolute Gasteiger partial charge is 0.127 e. The van der Waals surface area contributed by atoms with Crippen molar-refractivity contribution < 1.29 is 9.47 Å². The molecule has 2 heteroatoms. The summed E-state index contributed by atoms with van der Waals surface area (Å²) >= 11 is 0. The minimum atomic E-state index is 0.663. The van der Waals surface area contributed by atoms with Gasteiger partial charge in [0.15, 0.2) is 0 Å². The molecule has 0 fully saturated rings. The highest BCUT2D eigenvalue weighted by atomic mass is 16.5. The highest BCUT2D eigenvalue weighted by Crippen LogP contribution is 2.36. The van der Waals surface area contributed by atoms with Crippen molar-refractivity contribution in [1.29, 1.82) is 0 Å². The molecule has 0 heterocycles. The van der Waals surface area contributed by atoms with Gasteiger partial charge in [0, 0.05) is 10.8 Å². The maximum absolute atomic E-state index is 5.75. The van der Waals surface area contributed by atoms with E-state index >= 15 is 0 Å². The predicted octanol–water partition coefficient (Wildman–Crippen LogP) is 4.79. The number of ether oxygens (including phenoxy) is 2. The van der Waals surface area contributed by atoms with Crippen LogP contribution < -0.4 is 9.47 Å². The lowest BCUT2D eigenvalue weighted by atomic mass is 10.0. The van der Waals surface area contributed by atoms with Crippen molar-refractivity contribution in [2.24, 2.45) is 0 Å². The summed E-state index contributed by atoms with van der Waals surface area (Å²) < 4.78 is 11.5. The summed E-state index contributed by atoms with van der Waals surface area (Å²) in [5.74, 6) is 1.83. The van der Waals surface area contributed by atoms with Crippen molar-refractivity contribution in [2.75, 3.05) is 13.2 Å². The predicted molar refractivity (Wildman–Crippen MR) is 83.8 cm³/mol. The molecule has 2 nitrogen and oxygen atoms in total. The van der Waals surface area contributed by atoms with Crippen molar-refractivity contribution in [3.8, 4) is 11.5 Å². The Labute approximate surface area is 118 Å². The minimum absolute atomic E-state index is 0.663. The topological polar surface area (TPSA) is 18.5 Å². The molecule has 0 spiro atoms. The highest BCUT2D eigenvalue weighted by molar-refractivity contribution is 6.03. The highest BCUT2D eigenvalue weighted by Gasteiger charge is 2.09. The Balaban J connectivity index is 2.33. The van der Waals surface area contributed by atoms with E-state index in [0.29, 0.717) is 13.2 Å². The molecule has 0 aliphatic heterocycles. The zero-order valence-electron chi connectivity index (χ0n) is 11.8. The van der Waals surface area contributed by atoms with Gasteiger partial charge in [0.1, 0.15) is 11.5 Å². The molecule has 0 saturated carbocycles. The van der Waals surface area contributed by atoms with E-state index in [1.54, 1.807) is 0 Å². The molecule has 20 heavy (non-hydrogen) atoms. The molecule has 0 aliphatic carbocycles. The van der Waals surface area contributed by atoms with Crippen LogP contribution in [-0.4, -0.2) is 13.2 Å². The summed E-state index contributed by atoms with van der Waals surface area (Å²) in [5.41, 5.74) is 0. The minimum Gasteiger partial charge on any atom is -0.493 e. The molecule has 0 radical (unpaired) electrons. The number of benzene rings is 3. The van der Waals surface area contributed by atoms with Gasteiger partial charge in [-0.1, -0.05) is 24.3 Å². The quantitative estimate of drug-likeness (QED) is 0.632. The lowest BCUT2D eigenvalue weighted by Crippen LogP contribution is -1.96. The zero-order chi connectivity index (χ0) is 13.9. The van der Waals surface area contributed by atoms with Crippen molar-refractivity contribution in [3.05, 3.63) is 48.5 Å². The second-order valence-electron chi connectivity index (χ2n) is 4.67. The number of rotatable bonds is 4. The van der Waals surface area contributed by atoms with E-state index < -0.39 is 0 Å². The van der Waals surface area contributed by atoms with Gasteiger partial charge in [-0.3, -0.25) is 0 Å². The van der Waals surface area contributed by atoms with Crippen LogP contribution in [-0.2, 0) is 0 Å². The molecule has 0 saturated heterocycles. The van der Waals surface area contributed by atoms with E-state index in [0.717, 1.165) is 22.3 Å². The summed E-state index contributed by atoms with van der Waals surface area (Å²) in [6, 6.07) is 16.7. The molecule has 0 aromatic heterocycles. The molecular formula is C18H18O2. The number of hydrogen-bond donors (Lipinski definition) is 0. The second kappa shape index (κ2) is 5.41. The molecule has 3 aromatic carbocycles. The van der Waals surface area contributed by atoms with Crippen LogP contribution in [0.15, 0.2) is 48.5 Å². The molecule has 102 valence electrons. The van der Waals surface area contributed by atoms with Crippen molar-refractivity contribution in [3.63, 3.8) is 0 Å². The van der Waals surface area contributed by atoms with Crippen molar-refractivity contribution in [2.45, 2.75) is 13.8 Å². The SMILES string of the molecule is CCOc1ccc(OCC)c2cc3ccccc3cc12. The number of fused-ring (bicyclic) bond motifs is 2. The van der Waals surface area contributed by atoms with Crippen LogP contribution in [0.3, 0.4) is 0 Å². The monoisotopic (exact) mass is 266 g/mol. The van der Waals surface area contributed by atoms with Crippen LogP contribution in [0.25, 0.3) is 21.5 Å². The fraction of sp³-hybridized carbons (Fsp3) is 0.222. The third kappa shape index (κ3) is 2.18. The molecule has 0 atom stereocenters. The average Bonchev–Trinajstić information content (AvgIpc) is 2.48. The molecule has 0 unspecified atom stereocenters. The standard InChI is InChI=1S/C18H18O2/c1-3-19-17-9-10-18(20-4-2)16-12-14-8-6-5-7-13(14)11-15(16)17/h5-12H,3-4H2,1-2H3. The fourth-order valence-corrected chi connectivity index (χ4v) is 2.54. The first-order valence-electron chi connectivity index (χ1n) is 7.04. The van der Waals surface area contributed by atoms with Crippen molar-refractivity contribution in [1.82, 2.24) is 0 Å². The van der Waals surface area contributed by atoms with Crippen LogP contribution in [0.2, 0.25) is 0 Å². The maximum Gasteiger partial charge on any atom is 0.127 e. The van der Waals surface area contributed by atoms with Crippen LogP contribution in [0, 0.1) is 0 Å². The third-order valence-electron chi connectivity index (χ3n) is 3.40. The van der Waals surface area contributed by atoms with Gasteiger partial charge in [0.2, 0.25) is 0 Å². The van der Waals surface area contributed by atoms with E-state index in [1.807, 2.05) is 26.0 Å². The van der Waals surface area contributed by atoms with Crippen molar-refractivity contribution >= 4 is 21.5 Å². The van der Waals surface area contributed by atoms with Gasteiger partial charge in [0.25, 0.3) is 0 Å². The Morgan fingerprint density at radius 1 is 0.700 bits per heavy atom. The van der Waals surface area contributed by atoms with E-state index in [-0.39, 0.29) is 0 Å². The van der Waals surface area contributed by atoms with Crippen LogP contribution in [0.5, 0.6) is 11.5 Å². The van der Waals surface area contributed by atoms with Gasteiger partial charge >= 0.3 is 0 Å². The van der Waals surface area contributed by atoms with Crippen LogP contribution in [0.1, 0.15) is 13.8 Å². The van der Waals surface area contributed by atoms with E-state index in [4.69, 9.17) is 9.47 Å². The second-order valence-corrected chi connectivity index (χ2v) is 4.67. The van der Waals surface area contributed by atoms with Gasteiger partial charge in [-0.15, -0.1) is 0 Å². The Morgan fingerprint density at radius 3 is 1.55 bits per heavy atom. The van der Waals surface area contributed by atoms with Gasteiger partial charge in [-0.2, -0.15) is 0 Å². The molecule has 0 bridgehead atoms. The Morgan fingerprint density at radius 2 is 1.15 bits per heavy atom. The Hall–Kier alpha value is -2.22. The van der Waals surface area contributed by atoms with E-state index in [9.17, 15) is 0 Å². The van der Waals surface area contributed by atoms with E-state index in [1.165, 1.54) is 10.8 Å². The fourth-order valence-electron chi connectivity index (χ4n) is 2.54. The molecule has 3 rings (SSSR count). The average molecular weight is 266 g/mol. The van der Waals surface area contributed by atoms with Gasteiger partial charge in [0.05, 0.1) is 13.2 Å². The molecule has 3 aromatic rings. The van der Waals surface area contributed by atoms with Crippen LogP contribution in [0.4, 0.5) is 0 Å². The summed E-state index contributed by atoms with van der Waals surface area (Å²) in [6.45, 7) is 5.33. The van der Waals surface area contributed by atoms with Crippen LogP contribution >= 0.6 is 0 Å². The number of hydrogen-bond acceptors (Lipinski definition) is 2. The molecule has 0 aliphatic rings. The van der Waals surface area contributed by atoms with Gasteiger partial charge in [-0.05, 0) is 48.9 Å². The summed E-state index contributed by atoms with van der Waals surface area (Å²) in [7, 11) is 0. The summed E-state index contributed by atoms with van der Waals surface area (Å²) in [5, 5.41) is 4.65.